The van der Waals surface area contributed by atoms with Gasteiger partial charge < -0.3 is 9.88 Å². The molecule has 1 heterocycles. The predicted molar refractivity (Wildman–Crippen MR) is 77.1 cm³/mol. The lowest BCUT2D eigenvalue weighted by Crippen LogP contribution is -2.28. The molecular formula is C15H21N3O. The van der Waals surface area contributed by atoms with Gasteiger partial charge in [-0.15, -0.1) is 0 Å². The quantitative estimate of drug-likeness (QED) is 0.897. The zero-order chi connectivity index (χ0) is 13.8. The SMILES string of the molecule is CCCNC(=O)Cn1c(C(C)C)nc2ccccc21. The second-order valence-electron chi connectivity index (χ2n) is 5.05. The normalized spacial score (nSPS) is 11.2. The predicted octanol–water partition coefficient (Wildman–Crippen LogP) is 2.69. The van der Waals surface area contributed by atoms with E-state index in [1.54, 1.807) is 0 Å². The van der Waals surface area contributed by atoms with Crippen LogP contribution in [-0.2, 0) is 11.3 Å². The number of para-hydroxylation sites is 2. The van der Waals surface area contributed by atoms with Crippen molar-refractivity contribution in [3.8, 4) is 0 Å². The Kier molecular flexibility index (Phi) is 4.20. The average Bonchev–Trinajstić information content (AvgIpc) is 2.76. The van der Waals surface area contributed by atoms with Gasteiger partial charge in [0.1, 0.15) is 12.4 Å². The Morgan fingerprint density at radius 1 is 1.37 bits per heavy atom. The number of benzene rings is 1. The fraction of sp³-hybridized carbons (Fsp3) is 0.467. The molecule has 0 saturated heterocycles. The monoisotopic (exact) mass is 259 g/mol. The van der Waals surface area contributed by atoms with Gasteiger partial charge in [-0.25, -0.2) is 4.98 Å². The van der Waals surface area contributed by atoms with Gasteiger partial charge in [0.2, 0.25) is 5.91 Å². The maximum Gasteiger partial charge on any atom is 0.240 e. The second kappa shape index (κ2) is 5.87. The van der Waals surface area contributed by atoms with Crippen LogP contribution < -0.4 is 5.32 Å². The molecule has 2 rings (SSSR count). The van der Waals surface area contributed by atoms with Crippen molar-refractivity contribution in [2.24, 2.45) is 0 Å². The van der Waals surface area contributed by atoms with Gasteiger partial charge in [-0.1, -0.05) is 32.9 Å². The lowest BCUT2D eigenvalue weighted by atomic mass is 10.2. The summed E-state index contributed by atoms with van der Waals surface area (Å²) in [6.45, 7) is 7.31. The van der Waals surface area contributed by atoms with E-state index >= 15 is 0 Å². The summed E-state index contributed by atoms with van der Waals surface area (Å²) in [7, 11) is 0. The van der Waals surface area contributed by atoms with Crippen molar-refractivity contribution in [1.82, 2.24) is 14.9 Å². The molecule has 0 saturated carbocycles. The van der Waals surface area contributed by atoms with Gasteiger partial charge in [0.15, 0.2) is 0 Å². The summed E-state index contributed by atoms with van der Waals surface area (Å²) in [5, 5.41) is 2.91. The van der Waals surface area contributed by atoms with Crippen LogP contribution in [0.2, 0.25) is 0 Å². The van der Waals surface area contributed by atoms with E-state index in [-0.39, 0.29) is 5.91 Å². The topological polar surface area (TPSA) is 46.9 Å². The number of amides is 1. The molecule has 0 aliphatic carbocycles. The van der Waals surface area contributed by atoms with E-state index in [4.69, 9.17) is 0 Å². The van der Waals surface area contributed by atoms with Gasteiger partial charge in [-0.3, -0.25) is 4.79 Å². The number of nitrogens with zero attached hydrogens (tertiary/aromatic N) is 2. The van der Waals surface area contributed by atoms with Crippen molar-refractivity contribution in [3.63, 3.8) is 0 Å². The molecule has 0 radical (unpaired) electrons. The van der Waals surface area contributed by atoms with E-state index in [0.717, 1.165) is 29.8 Å². The molecular weight excluding hydrogens is 238 g/mol. The molecule has 1 N–H and O–H groups in total. The number of fused-ring (bicyclic) bond motifs is 1. The molecule has 2 aromatic rings. The molecule has 1 amide bonds. The minimum Gasteiger partial charge on any atom is -0.355 e. The Balaban J connectivity index is 2.34. The number of carbonyl (C=O) groups excluding carboxylic acids is 1. The van der Waals surface area contributed by atoms with Gasteiger partial charge in [0.05, 0.1) is 11.0 Å². The molecule has 4 heteroatoms. The van der Waals surface area contributed by atoms with Crippen LogP contribution >= 0.6 is 0 Å². The van der Waals surface area contributed by atoms with Gasteiger partial charge in [-0.2, -0.15) is 0 Å². The Labute approximate surface area is 113 Å². The van der Waals surface area contributed by atoms with E-state index in [9.17, 15) is 4.79 Å². The summed E-state index contributed by atoms with van der Waals surface area (Å²) in [5.41, 5.74) is 1.98. The molecule has 0 aliphatic rings. The van der Waals surface area contributed by atoms with Crippen LogP contribution in [0.5, 0.6) is 0 Å². The molecule has 0 atom stereocenters. The number of carbonyl (C=O) groups is 1. The minimum atomic E-state index is 0.0481. The highest BCUT2D eigenvalue weighted by molar-refractivity contribution is 5.81. The summed E-state index contributed by atoms with van der Waals surface area (Å²) in [5.74, 6) is 1.31. The van der Waals surface area contributed by atoms with Crippen molar-refractivity contribution in [1.29, 1.82) is 0 Å². The first-order valence-electron chi connectivity index (χ1n) is 6.85. The Hall–Kier alpha value is -1.84. The third-order valence-corrected chi connectivity index (χ3v) is 3.07. The summed E-state index contributed by atoms with van der Waals surface area (Å²) in [6, 6.07) is 7.96. The molecule has 0 bridgehead atoms. The van der Waals surface area contributed by atoms with Crippen LogP contribution in [0.1, 0.15) is 38.9 Å². The average molecular weight is 259 g/mol. The molecule has 0 aliphatic heterocycles. The third-order valence-electron chi connectivity index (χ3n) is 3.07. The zero-order valence-electron chi connectivity index (χ0n) is 11.8. The molecule has 4 nitrogen and oxygen atoms in total. The van der Waals surface area contributed by atoms with Gasteiger partial charge >= 0.3 is 0 Å². The summed E-state index contributed by atoms with van der Waals surface area (Å²) in [6.07, 6.45) is 0.952. The second-order valence-corrected chi connectivity index (χ2v) is 5.05. The van der Waals surface area contributed by atoms with Crippen molar-refractivity contribution < 1.29 is 4.79 Å². The lowest BCUT2D eigenvalue weighted by Gasteiger charge is -2.11. The summed E-state index contributed by atoms with van der Waals surface area (Å²) < 4.78 is 2.02. The number of hydrogen-bond donors (Lipinski definition) is 1. The van der Waals surface area contributed by atoms with Crippen LogP contribution in [0.4, 0.5) is 0 Å². The molecule has 1 aromatic carbocycles. The molecule has 0 fully saturated rings. The first-order valence-corrected chi connectivity index (χ1v) is 6.85. The molecule has 19 heavy (non-hydrogen) atoms. The van der Waals surface area contributed by atoms with Crippen molar-refractivity contribution in [2.75, 3.05) is 6.54 Å². The van der Waals surface area contributed by atoms with Gasteiger partial charge in [-0.05, 0) is 18.6 Å². The Bertz CT molecular complexity index is 572. The van der Waals surface area contributed by atoms with Crippen molar-refractivity contribution >= 4 is 16.9 Å². The largest absolute Gasteiger partial charge is 0.355 e. The van der Waals surface area contributed by atoms with E-state index < -0.39 is 0 Å². The molecule has 0 spiro atoms. The minimum absolute atomic E-state index is 0.0481. The van der Waals surface area contributed by atoms with Crippen molar-refractivity contribution in [2.45, 2.75) is 39.7 Å². The first-order chi connectivity index (χ1) is 9.13. The number of imidazole rings is 1. The molecule has 1 aromatic heterocycles. The van der Waals surface area contributed by atoms with Crippen LogP contribution in [0.15, 0.2) is 24.3 Å². The van der Waals surface area contributed by atoms with E-state index in [2.05, 4.69) is 24.1 Å². The van der Waals surface area contributed by atoms with Crippen molar-refractivity contribution in [3.05, 3.63) is 30.1 Å². The highest BCUT2D eigenvalue weighted by atomic mass is 16.1. The van der Waals surface area contributed by atoms with E-state index in [1.165, 1.54) is 0 Å². The summed E-state index contributed by atoms with van der Waals surface area (Å²) in [4.78, 5) is 16.6. The zero-order valence-corrected chi connectivity index (χ0v) is 11.8. The Morgan fingerprint density at radius 2 is 2.11 bits per heavy atom. The maximum absolute atomic E-state index is 11.9. The van der Waals surface area contributed by atoms with Gasteiger partial charge in [0, 0.05) is 12.5 Å². The highest BCUT2D eigenvalue weighted by Crippen LogP contribution is 2.21. The third kappa shape index (κ3) is 2.95. The van der Waals surface area contributed by atoms with Crippen LogP contribution in [0.3, 0.4) is 0 Å². The number of aromatic nitrogens is 2. The standard InChI is InChI=1S/C15H21N3O/c1-4-9-16-14(19)10-18-13-8-6-5-7-12(13)17-15(18)11(2)3/h5-8,11H,4,9-10H2,1-3H3,(H,16,19). The molecule has 102 valence electrons. The van der Waals surface area contributed by atoms with Crippen LogP contribution in [-0.4, -0.2) is 22.0 Å². The van der Waals surface area contributed by atoms with Gasteiger partial charge in [0.25, 0.3) is 0 Å². The maximum atomic E-state index is 11.9. The molecule has 0 unspecified atom stereocenters. The van der Waals surface area contributed by atoms with Crippen LogP contribution in [0.25, 0.3) is 11.0 Å². The van der Waals surface area contributed by atoms with E-state index in [0.29, 0.717) is 12.5 Å². The number of nitrogens with one attached hydrogen (secondary N) is 1. The van der Waals surface area contributed by atoms with Crippen LogP contribution in [0, 0.1) is 0 Å². The Morgan fingerprint density at radius 3 is 2.79 bits per heavy atom. The fourth-order valence-electron chi connectivity index (χ4n) is 2.16. The lowest BCUT2D eigenvalue weighted by molar-refractivity contribution is -0.121. The fourth-order valence-corrected chi connectivity index (χ4v) is 2.16. The highest BCUT2D eigenvalue weighted by Gasteiger charge is 2.15. The first kappa shape index (κ1) is 13.6. The number of hydrogen-bond acceptors (Lipinski definition) is 2. The number of rotatable bonds is 5. The van der Waals surface area contributed by atoms with E-state index in [1.807, 2.05) is 35.8 Å². The smallest absolute Gasteiger partial charge is 0.240 e. The summed E-state index contributed by atoms with van der Waals surface area (Å²) >= 11 is 0.